The molecule has 4 aromatic heterocycles. The van der Waals surface area contributed by atoms with Crippen molar-refractivity contribution in [3.63, 3.8) is 0 Å². The summed E-state index contributed by atoms with van der Waals surface area (Å²) >= 11 is 1.23. The van der Waals surface area contributed by atoms with Crippen molar-refractivity contribution in [3.8, 4) is 10.6 Å². The summed E-state index contributed by atoms with van der Waals surface area (Å²) < 4.78 is 29.2. The molecule has 196 valence electrons. The highest BCUT2D eigenvalue weighted by Crippen LogP contribution is 2.31. The molecule has 4 aromatic rings. The highest BCUT2D eigenvalue weighted by atomic mass is 32.1. The van der Waals surface area contributed by atoms with E-state index in [0.717, 1.165) is 10.4 Å². The molecule has 14 heteroatoms. The van der Waals surface area contributed by atoms with Crippen molar-refractivity contribution in [2.75, 3.05) is 18.4 Å². The molecule has 11 nitrogen and oxygen atoms in total. The second-order valence-corrected chi connectivity index (χ2v) is 9.57. The van der Waals surface area contributed by atoms with Gasteiger partial charge >= 0.3 is 0 Å². The molecule has 1 fully saturated rings. The summed E-state index contributed by atoms with van der Waals surface area (Å²) in [6.45, 7) is 3.40. The zero-order valence-corrected chi connectivity index (χ0v) is 20.7. The van der Waals surface area contributed by atoms with Crippen molar-refractivity contribution in [2.24, 2.45) is 0 Å². The Morgan fingerprint density at radius 1 is 1.24 bits per heavy atom. The molecule has 1 aliphatic rings. The Bertz CT molecular complexity index is 1520. The molecule has 0 bridgehead atoms. The molecule has 2 unspecified atom stereocenters. The number of anilines is 2. The minimum Gasteiger partial charge on any atom is -0.391 e. The van der Waals surface area contributed by atoms with Gasteiger partial charge in [0, 0.05) is 44.5 Å². The molecule has 3 N–H and O–H groups in total. The number of nitrogens with zero attached hydrogens (tertiary/aromatic N) is 6. The van der Waals surface area contributed by atoms with Crippen LogP contribution in [0.1, 0.15) is 6.42 Å². The van der Waals surface area contributed by atoms with Gasteiger partial charge < -0.3 is 25.2 Å². The first-order valence-corrected chi connectivity index (χ1v) is 12.4. The zero-order valence-electron chi connectivity index (χ0n) is 19.8. The molecule has 5 rings (SSSR count). The highest BCUT2D eigenvalue weighted by Gasteiger charge is 2.39. The van der Waals surface area contributed by atoms with Crippen molar-refractivity contribution in [1.82, 2.24) is 34.7 Å². The number of carbonyl (C=O) groups is 2. The summed E-state index contributed by atoms with van der Waals surface area (Å²) in [6, 6.07) is 3.65. The lowest BCUT2D eigenvalue weighted by atomic mass is 10.2. The second kappa shape index (κ2) is 10.6. The number of aromatic nitrogens is 5. The summed E-state index contributed by atoms with van der Waals surface area (Å²) in [5.74, 6) is -2.63. The maximum atomic E-state index is 14.0. The monoisotopic (exact) mass is 540 g/mol. The van der Waals surface area contributed by atoms with Gasteiger partial charge in [-0.05, 0) is 12.1 Å². The third-order valence-corrected chi connectivity index (χ3v) is 6.89. The number of nitrogens with one attached hydrogen (secondary N) is 2. The Balaban J connectivity index is 1.23. The predicted molar refractivity (Wildman–Crippen MR) is 135 cm³/mol. The molecule has 1 aliphatic heterocycles. The van der Waals surface area contributed by atoms with E-state index >= 15 is 0 Å². The number of aliphatic hydroxyl groups is 1. The Morgan fingerprint density at radius 2 is 2.08 bits per heavy atom. The second-order valence-electron chi connectivity index (χ2n) is 8.54. The predicted octanol–water partition coefficient (Wildman–Crippen LogP) is 2.39. The van der Waals surface area contributed by atoms with Crippen LogP contribution in [0.2, 0.25) is 0 Å². The van der Waals surface area contributed by atoms with Crippen molar-refractivity contribution in [3.05, 3.63) is 61.3 Å². The van der Waals surface area contributed by atoms with Crippen LogP contribution in [-0.4, -0.2) is 71.6 Å². The van der Waals surface area contributed by atoms with Crippen LogP contribution in [0.25, 0.3) is 21.6 Å². The normalized spacial score (nSPS) is 17.1. The number of hydrogen-bond donors (Lipinski definition) is 3. The number of thiazole rings is 1. The molecule has 2 atom stereocenters. The molecule has 2 amide bonds. The van der Waals surface area contributed by atoms with E-state index in [0.29, 0.717) is 27.9 Å². The van der Waals surface area contributed by atoms with Crippen LogP contribution in [0.4, 0.5) is 19.7 Å². The number of carbonyl (C=O) groups excluding carboxylic acids is 2. The van der Waals surface area contributed by atoms with Gasteiger partial charge in [0.1, 0.15) is 28.9 Å². The first-order valence-electron chi connectivity index (χ1n) is 11.6. The molecule has 0 spiro atoms. The molecule has 0 saturated carbocycles. The van der Waals surface area contributed by atoms with E-state index in [-0.39, 0.29) is 25.2 Å². The molecule has 0 aromatic carbocycles. The van der Waals surface area contributed by atoms with Crippen LogP contribution in [0.15, 0.2) is 55.5 Å². The summed E-state index contributed by atoms with van der Waals surface area (Å²) in [5.41, 5.74) is 1.59. The van der Waals surface area contributed by atoms with Crippen LogP contribution >= 0.6 is 11.3 Å². The molecular weight excluding hydrogens is 518 g/mol. The lowest BCUT2D eigenvalue weighted by Gasteiger charge is -2.22. The topological polar surface area (TPSA) is 138 Å². The van der Waals surface area contributed by atoms with Gasteiger partial charge in [0.25, 0.3) is 5.91 Å². The number of hydrogen-bond acceptors (Lipinski definition) is 9. The molecule has 5 heterocycles. The Morgan fingerprint density at radius 3 is 2.87 bits per heavy atom. The zero-order chi connectivity index (χ0) is 26.8. The van der Waals surface area contributed by atoms with Gasteiger partial charge in [-0.25, -0.2) is 23.7 Å². The standard InChI is InChI=1S/C24H22F2N8O3S/c1-13(25)23(37)34-11-14(35)7-18(34)22(36)28-5-6-33-12-31-16-9-29-20(8-17(16)33)32-24-30-10-19(38-24)21-15(26)3-2-4-27-21/h2-4,8-10,12,14,18,35H,1,5-7,11H2,(H,28,36)(H,29,30,32). The van der Waals surface area contributed by atoms with Crippen molar-refractivity contribution >= 4 is 45.1 Å². The van der Waals surface area contributed by atoms with Gasteiger partial charge in [0.05, 0.1) is 29.0 Å². The first kappa shape index (κ1) is 25.4. The number of rotatable bonds is 8. The molecule has 1 saturated heterocycles. The van der Waals surface area contributed by atoms with Gasteiger partial charge in [-0.1, -0.05) is 17.9 Å². The maximum absolute atomic E-state index is 14.0. The fraction of sp³-hybridized carbons (Fsp3) is 0.250. The van der Waals surface area contributed by atoms with Crippen LogP contribution in [0.5, 0.6) is 0 Å². The Kier molecular flexibility index (Phi) is 7.07. The Hall–Kier alpha value is -4.30. The number of fused-ring (bicyclic) bond motifs is 1. The van der Waals surface area contributed by atoms with Gasteiger partial charge in [0.2, 0.25) is 5.91 Å². The van der Waals surface area contributed by atoms with E-state index in [1.165, 1.54) is 35.9 Å². The molecule has 0 radical (unpaired) electrons. The molecular formula is C24H22F2N8O3S. The quantitative estimate of drug-likeness (QED) is 0.290. The van der Waals surface area contributed by atoms with Crippen LogP contribution in [0.3, 0.4) is 0 Å². The van der Waals surface area contributed by atoms with Gasteiger partial charge in [0.15, 0.2) is 11.0 Å². The SMILES string of the molecule is C=C(F)C(=O)N1CC(O)CC1C(=O)NCCn1cnc2cnc(Nc3ncc(-c4ncccc4F)s3)cc21. The Labute approximate surface area is 218 Å². The summed E-state index contributed by atoms with van der Waals surface area (Å²) in [5, 5.41) is 16.2. The van der Waals surface area contributed by atoms with Crippen molar-refractivity contribution in [2.45, 2.75) is 25.1 Å². The van der Waals surface area contributed by atoms with E-state index in [1.54, 1.807) is 18.6 Å². The number of likely N-dealkylation sites (tertiary alicyclic amines) is 1. The highest BCUT2D eigenvalue weighted by molar-refractivity contribution is 7.18. The van der Waals surface area contributed by atoms with Crippen molar-refractivity contribution < 1.29 is 23.5 Å². The summed E-state index contributed by atoms with van der Waals surface area (Å²) in [4.78, 5) is 43.2. The van der Waals surface area contributed by atoms with E-state index in [1.807, 2.05) is 4.57 Å². The largest absolute Gasteiger partial charge is 0.391 e. The summed E-state index contributed by atoms with van der Waals surface area (Å²) in [7, 11) is 0. The fourth-order valence-electron chi connectivity index (χ4n) is 4.19. The van der Waals surface area contributed by atoms with Gasteiger partial charge in [-0.15, -0.1) is 0 Å². The molecule has 0 aliphatic carbocycles. The minimum atomic E-state index is -1.18. The number of imidazole rings is 1. The average molecular weight is 541 g/mol. The van der Waals surface area contributed by atoms with Crippen LogP contribution < -0.4 is 10.6 Å². The third-order valence-electron chi connectivity index (χ3n) is 5.97. The van der Waals surface area contributed by atoms with Crippen LogP contribution in [0, 0.1) is 5.82 Å². The smallest absolute Gasteiger partial charge is 0.282 e. The van der Waals surface area contributed by atoms with Gasteiger partial charge in [-0.3, -0.25) is 14.6 Å². The lowest BCUT2D eigenvalue weighted by Crippen LogP contribution is -2.46. The number of pyridine rings is 2. The fourth-order valence-corrected chi connectivity index (χ4v) is 5.01. The summed E-state index contributed by atoms with van der Waals surface area (Å²) in [6.07, 6.45) is 5.35. The minimum absolute atomic E-state index is 0.0189. The van der Waals surface area contributed by atoms with Crippen molar-refractivity contribution in [1.29, 1.82) is 0 Å². The van der Waals surface area contributed by atoms with E-state index in [4.69, 9.17) is 0 Å². The lowest BCUT2D eigenvalue weighted by molar-refractivity contribution is -0.136. The maximum Gasteiger partial charge on any atom is 0.282 e. The number of aliphatic hydroxyl groups excluding tert-OH is 1. The number of halogens is 2. The van der Waals surface area contributed by atoms with Crippen LogP contribution in [-0.2, 0) is 16.1 Å². The third kappa shape index (κ3) is 5.21. The average Bonchev–Trinajstić information content (AvgIpc) is 3.62. The number of β-amino-alcohol motifs (C(OH)–C–C–N with tert-alkyl or cyclic N) is 1. The van der Waals surface area contributed by atoms with E-state index in [9.17, 15) is 23.5 Å². The first-order chi connectivity index (χ1) is 18.3. The van der Waals surface area contributed by atoms with Gasteiger partial charge in [-0.2, -0.15) is 0 Å². The van der Waals surface area contributed by atoms with E-state index in [2.05, 4.69) is 37.1 Å². The number of amides is 2. The van der Waals surface area contributed by atoms with E-state index < -0.39 is 35.6 Å². The molecule has 38 heavy (non-hydrogen) atoms.